The number of carbonyl (C=O) groups excluding carboxylic acids is 2. The van der Waals surface area contributed by atoms with Crippen LogP contribution in [0.2, 0.25) is 0 Å². The molecule has 1 heterocycles. The highest BCUT2D eigenvalue weighted by molar-refractivity contribution is 6.09. The Balaban J connectivity index is 2.56. The number of methoxy groups -OCH3 is 1. The summed E-state index contributed by atoms with van der Waals surface area (Å²) in [4.78, 5) is 39.5. The maximum absolute atomic E-state index is 12.7. The molecule has 7 nitrogen and oxygen atoms in total. The number of hydrogen-bond acceptors (Lipinski definition) is 6. The summed E-state index contributed by atoms with van der Waals surface area (Å²) in [5.74, 6) is 0.140. The summed E-state index contributed by atoms with van der Waals surface area (Å²) < 4.78 is 9.66. The van der Waals surface area contributed by atoms with Gasteiger partial charge in [-0.2, -0.15) is 4.99 Å². The first-order valence-electron chi connectivity index (χ1n) is 12.0. The maximum Gasteiger partial charge on any atom is 0.432 e. The Morgan fingerprint density at radius 1 is 1.15 bits per heavy atom. The molecule has 0 saturated heterocycles. The van der Waals surface area contributed by atoms with Gasteiger partial charge in [-0.15, -0.1) is 0 Å². The maximum atomic E-state index is 12.7. The van der Waals surface area contributed by atoms with Gasteiger partial charge in [-0.1, -0.05) is 52.0 Å². The van der Waals surface area contributed by atoms with Crippen molar-refractivity contribution in [2.75, 3.05) is 7.11 Å². The Kier molecular flexibility index (Phi) is 13.7. The van der Waals surface area contributed by atoms with E-state index in [1.807, 2.05) is 6.08 Å². The number of allylic oxidation sites excluding steroid dienone is 2. The van der Waals surface area contributed by atoms with Crippen LogP contribution >= 0.6 is 0 Å². The lowest BCUT2D eigenvalue weighted by Crippen LogP contribution is -2.16. The number of amides is 1. The van der Waals surface area contributed by atoms with Crippen molar-refractivity contribution in [3.8, 4) is 5.75 Å². The molecule has 1 aromatic heterocycles. The number of ether oxygens (including phenoxy) is 1. The van der Waals surface area contributed by atoms with Crippen LogP contribution in [0.1, 0.15) is 101 Å². The number of nitrogens with zero attached hydrogens (tertiary/aromatic N) is 1. The van der Waals surface area contributed by atoms with Gasteiger partial charge in [-0.05, 0) is 50.5 Å². The van der Waals surface area contributed by atoms with E-state index >= 15 is 0 Å². The summed E-state index contributed by atoms with van der Waals surface area (Å²) >= 11 is 0. The van der Waals surface area contributed by atoms with E-state index in [-0.39, 0.29) is 11.3 Å². The van der Waals surface area contributed by atoms with E-state index in [1.165, 1.54) is 45.1 Å². The molecule has 7 heteroatoms. The molecular weight excluding hydrogens is 422 g/mol. The van der Waals surface area contributed by atoms with Gasteiger partial charge in [0.1, 0.15) is 17.1 Å². The van der Waals surface area contributed by atoms with Gasteiger partial charge in [0.05, 0.1) is 7.11 Å². The molecule has 0 saturated carbocycles. The van der Waals surface area contributed by atoms with Gasteiger partial charge < -0.3 is 14.3 Å². The number of Topliss-reactive ketones (excluding diaryl/α,β-unsaturated/α-hetero) is 1. The van der Waals surface area contributed by atoms with Crippen molar-refractivity contribution in [2.45, 2.75) is 91.4 Å². The molecule has 0 radical (unpaired) electrons. The summed E-state index contributed by atoms with van der Waals surface area (Å²) in [6.07, 6.45) is 12.9. The zero-order chi connectivity index (χ0) is 24.6. The van der Waals surface area contributed by atoms with Crippen molar-refractivity contribution in [2.24, 2.45) is 10.9 Å². The van der Waals surface area contributed by atoms with Gasteiger partial charge >= 0.3 is 11.7 Å². The number of aromatic hydroxyl groups is 1. The fourth-order valence-electron chi connectivity index (χ4n) is 3.55. The smallest absolute Gasteiger partial charge is 0.432 e. The molecule has 0 aliphatic heterocycles. The molecule has 1 unspecified atom stereocenters. The van der Waals surface area contributed by atoms with Crippen LogP contribution in [0.3, 0.4) is 0 Å². The number of aliphatic imine (C=N–C) groups is 1. The molecule has 0 aliphatic carbocycles. The Labute approximate surface area is 196 Å². The quantitative estimate of drug-likeness (QED) is 0.140. The highest BCUT2D eigenvalue weighted by atomic mass is 16.5. The van der Waals surface area contributed by atoms with Crippen molar-refractivity contribution in [1.82, 2.24) is 0 Å². The first-order chi connectivity index (χ1) is 15.8. The third-order valence-electron chi connectivity index (χ3n) is 5.60. The molecule has 1 atom stereocenters. The molecule has 0 spiro atoms. The standard InChI is InChI=1S/C26H39NO6/c1-5-6-8-13-19(2)14-10-11-15-20(3)24(29)23-22(28)18-21(33-25(23)30)16-9-7-12-17-27-26(31)32-4/h15,17-19,28H,5-14,16H2,1-4H3. The second kappa shape index (κ2) is 16.0. The van der Waals surface area contributed by atoms with Gasteiger partial charge in [0.15, 0.2) is 5.78 Å². The van der Waals surface area contributed by atoms with E-state index in [2.05, 4.69) is 23.6 Å². The van der Waals surface area contributed by atoms with Crippen molar-refractivity contribution < 1.29 is 23.8 Å². The molecule has 0 fully saturated rings. The molecule has 1 N–H and O–H groups in total. The minimum Gasteiger partial charge on any atom is -0.507 e. The SMILES string of the molecule is CCCCCC(C)CCCC=C(C)C(=O)c1c(O)cc(CCCCC=NC(=O)OC)oc1=O. The monoisotopic (exact) mass is 461 g/mol. The largest absolute Gasteiger partial charge is 0.507 e. The third kappa shape index (κ3) is 11.1. The van der Waals surface area contributed by atoms with Crippen LogP contribution in [0.5, 0.6) is 5.75 Å². The Hall–Kier alpha value is -2.70. The lowest BCUT2D eigenvalue weighted by Gasteiger charge is -2.10. The molecule has 0 bridgehead atoms. The van der Waals surface area contributed by atoms with Gasteiger partial charge in [0.25, 0.3) is 0 Å². The molecule has 33 heavy (non-hydrogen) atoms. The molecule has 1 rings (SSSR count). The average molecular weight is 462 g/mol. The van der Waals surface area contributed by atoms with Gasteiger partial charge in [0.2, 0.25) is 0 Å². The molecular formula is C26H39NO6. The summed E-state index contributed by atoms with van der Waals surface area (Å²) in [6, 6.07) is 1.34. The lowest BCUT2D eigenvalue weighted by molar-refractivity contribution is 0.102. The van der Waals surface area contributed by atoms with Crippen molar-refractivity contribution in [3.05, 3.63) is 39.5 Å². The van der Waals surface area contributed by atoms with Crippen molar-refractivity contribution in [3.63, 3.8) is 0 Å². The zero-order valence-corrected chi connectivity index (χ0v) is 20.5. The van der Waals surface area contributed by atoms with Gasteiger partial charge in [-0.3, -0.25) is 4.79 Å². The summed E-state index contributed by atoms with van der Waals surface area (Å²) in [5.41, 5.74) is -0.695. The average Bonchev–Trinajstić information content (AvgIpc) is 2.78. The second-order valence-corrected chi connectivity index (χ2v) is 8.54. The summed E-state index contributed by atoms with van der Waals surface area (Å²) in [5, 5.41) is 10.3. The number of hydrogen-bond donors (Lipinski definition) is 1. The fourth-order valence-corrected chi connectivity index (χ4v) is 3.55. The molecule has 184 valence electrons. The van der Waals surface area contributed by atoms with E-state index in [0.29, 0.717) is 42.9 Å². The van der Waals surface area contributed by atoms with Crippen LogP contribution in [-0.2, 0) is 11.2 Å². The Morgan fingerprint density at radius 2 is 1.88 bits per heavy atom. The first kappa shape index (κ1) is 28.3. The second-order valence-electron chi connectivity index (χ2n) is 8.54. The molecule has 1 amide bonds. The third-order valence-corrected chi connectivity index (χ3v) is 5.60. The van der Waals surface area contributed by atoms with E-state index in [1.54, 1.807) is 6.92 Å². The number of ketones is 1. The van der Waals surface area contributed by atoms with Gasteiger partial charge in [-0.25, -0.2) is 9.59 Å². The highest BCUT2D eigenvalue weighted by Gasteiger charge is 2.20. The normalized spacial score (nSPS) is 12.8. The number of unbranched alkanes of at least 4 members (excludes halogenated alkanes) is 5. The molecule has 0 aromatic carbocycles. The minimum atomic E-state index is -0.820. The Bertz CT molecular complexity index is 868. The minimum absolute atomic E-state index is 0.314. The first-order valence-corrected chi connectivity index (χ1v) is 12.0. The van der Waals surface area contributed by atoms with Crippen LogP contribution < -0.4 is 5.63 Å². The van der Waals surface area contributed by atoms with Crippen LogP contribution in [0.4, 0.5) is 4.79 Å². The van der Waals surface area contributed by atoms with Crippen molar-refractivity contribution in [1.29, 1.82) is 0 Å². The highest BCUT2D eigenvalue weighted by Crippen LogP contribution is 2.21. The zero-order valence-electron chi connectivity index (χ0n) is 20.5. The number of aryl methyl sites for hydroxylation is 1. The van der Waals surface area contributed by atoms with Crippen molar-refractivity contribution >= 4 is 18.1 Å². The molecule has 0 aliphatic rings. The predicted molar refractivity (Wildman–Crippen MR) is 130 cm³/mol. The van der Waals surface area contributed by atoms with E-state index in [9.17, 15) is 19.5 Å². The summed E-state index contributed by atoms with van der Waals surface area (Å²) in [7, 11) is 1.26. The van der Waals surface area contributed by atoms with Gasteiger partial charge in [0, 0.05) is 18.7 Å². The molecule has 1 aromatic rings. The van der Waals surface area contributed by atoms with Crippen LogP contribution in [0, 0.1) is 5.92 Å². The van der Waals surface area contributed by atoms with E-state index < -0.39 is 17.5 Å². The van der Waals surface area contributed by atoms with Crippen LogP contribution in [-0.4, -0.2) is 30.3 Å². The van der Waals surface area contributed by atoms with E-state index in [0.717, 1.165) is 19.3 Å². The predicted octanol–water partition coefficient (Wildman–Crippen LogP) is 6.41. The Morgan fingerprint density at radius 3 is 2.55 bits per heavy atom. The number of rotatable bonds is 15. The fraction of sp³-hybridized carbons (Fsp3) is 0.615. The topological polar surface area (TPSA) is 106 Å². The van der Waals surface area contributed by atoms with Crippen LogP contribution in [0.15, 0.2) is 31.9 Å². The van der Waals surface area contributed by atoms with Crippen LogP contribution in [0.25, 0.3) is 0 Å². The summed E-state index contributed by atoms with van der Waals surface area (Å²) in [6.45, 7) is 6.13. The lowest BCUT2D eigenvalue weighted by atomic mass is 9.96. The number of carbonyl (C=O) groups is 2. The van der Waals surface area contributed by atoms with E-state index in [4.69, 9.17) is 4.42 Å².